The van der Waals surface area contributed by atoms with Gasteiger partial charge in [-0.3, -0.25) is 4.79 Å². The Morgan fingerprint density at radius 3 is 2.57 bits per heavy atom. The number of fused-ring (bicyclic) bond motifs is 1. The van der Waals surface area contributed by atoms with Gasteiger partial charge in [0.1, 0.15) is 0 Å². The monoisotopic (exact) mass is 301 g/mol. The van der Waals surface area contributed by atoms with E-state index in [-0.39, 0.29) is 6.04 Å². The van der Waals surface area contributed by atoms with Crippen molar-refractivity contribution in [3.8, 4) is 11.1 Å². The number of rotatable bonds is 3. The Bertz CT molecular complexity index is 657. The van der Waals surface area contributed by atoms with Crippen molar-refractivity contribution in [2.75, 3.05) is 0 Å². The van der Waals surface area contributed by atoms with Gasteiger partial charge in [0.15, 0.2) is 0 Å². The molecule has 0 aliphatic heterocycles. The fourth-order valence-corrected chi connectivity index (χ4v) is 3.16. The van der Waals surface area contributed by atoms with E-state index in [9.17, 15) is 9.90 Å². The van der Waals surface area contributed by atoms with E-state index in [4.69, 9.17) is 11.8 Å². The molecular formula is C17H16ClNO2. The van der Waals surface area contributed by atoms with Crippen molar-refractivity contribution >= 4 is 17.7 Å². The molecule has 0 saturated heterocycles. The van der Waals surface area contributed by atoms with Crippen LogP contribution in [-0.4, -0.2) is 17.1 Å². The number of carboxylic acids is 1. The van der Waals surface area contributed by atoms with Crippen LogP contribution in [0.4, 0.5) is 0 Å². The average Bonchev–Trinajstić information content (AvgIpc) is 2.54. The lowest BCUT2D eigenvalue weighted by molar-refractivity contribution is -0.139. The van der Waals surface area contributed by atoms with Gasteiger partial charge in [-0.15, -0.1) is 0 Å². The number of carbonyl (C=O) groups is 1. The molecule has 0 amide bonds. The summed E-state index contributed by atoms with van der Waals surface area (Å²) in [6.07, 6.45) is 1.28. The third-order valence-corrected chi connectivity index (χ3v) is 4.38. The molecule has 2 aromatic carbocycles. The van der Waals surface area contributed by atoms with E-state index in [0.717, 1.165) is 28.7 Å². The molecule has 3 rings (SSSR count). The number of halogens is 1. The predicted molar refractivity (Wildman–Crippen MR) is 83.4 cm³/mol. The van der Waals surface area contributed by atoms with Crippen molar-refractivity contribution in [2.24, 2.45) is 0 Å². The van der Waals surface area contributed by atoms with Crippen LogP contribution in [0.3, 0.4) is 0 Å². The maximum Gasteiger partial charge on any atom is 0.311 e. The van der Waals surface area contributed by atoms with Crippen LogP contribution in [0.5, 0.6) is 0 Å². The van der Waals surface area contributed by atoms with E-state index < -0.39 is 11.9 Å². The largest absolute Gasteiger partial charge is 0.481 e. The minimum absolute atomic E-state index is 0.00263. The average molecular weight is 302 g/mol. The van der Waals surface area contributed by atoms with E-state index in [1.165, 1.54) is 0 Å². The van der Waals surface area contributed by atoms with Crippen molar-refractivity contribution in [2.45, 2.75) is 24.8 Å². The zero-order valence-corrected chi connectivity index (χ0v) is 12.2. The third-order valence-electron chi connectivity index (χ3n) is 4.07. The van der Waals surface area contributed by atoms with Gasteiger partial charge in [-0.1, -0.05) is 48.5 Å². The third kappa shape index (κ3) is 2.80. The maximum atomic E-state index is 11.6. The molecule has 0 aromatic heterocycles. The van der Waals surface area contributed by atoms with Crippen molar-refractivity contribution < 1.29 is 9.90 Å². The molecule has 21 heavy (non-hydrogen) atoms. The molecule has 0 bridgehead atoms. The van der Waals surface area contributed by atoms with Gasteiger partial charge >= 0.3 is 5.97 Å². The standard InChI is InChI=1S/C17H16ClNO2/c18-19-14-8-13-7-6-12(11-4-2-1-3-5-11)9-15(13)16(10-14)17(20)21/h1-7,9,14,16,19H,8,10H2,(H,20,21)/t14-,16+/m0/s1. The number of nitrogens with one attached hydrogen (secondary N) is 1. The lowest BCUT2D eigenvalue weighted by atomic mass is 9.79. The van der Waals surface area contributed by atoms with Crippen LogP contribution in [0.2, 0.25) is 0 Å². The molecule has 2 aromatic rings. The van der Waals surface area contributed by atoms with Crippen LogP contribution in [0.15, 0.2) is 48.5 Å². The fraction of sp³-hybridized carbons (Fsp3) is 0.235. The van der Waals surface area contributed by atoms with E-state index in [1.807, 2.05) is 48.5 Å². The van der Waals surface area contributed by atoms with E-state index in [1.54, 1.807) is 0 Å². The Morgan fingerprint density at radius 2 is 1.90 bits per heavy atom. The minimum Gasteiger partial charge on any atom is -0.481 e. The molecule has 0 unspecified atom stereocenters. The molecule has 0 saturated carbocycles. The lowest BCUT2D eigenvalue weighted by Gasteiger charge is -2.28. The zero-order valence-electron chi connectivity index (χ0n) is 11.4. The Balaban J connectivity index is 2.04. The number of hydrogen-bond donors (Lipinski definition) is 2. The molecule has 2 N–H and O–H groups in total. The van der Waals surface area contributed by atoms with Gasteiger partial charge < -0.3 is 5.11 Å². The minimum atomic E-state index is -0.793. The summed E-state index contributed by atoms with van der Waals surface area (Å²) in [4.78, 5) is 14.2. The first-order chi connectivity index (χ1) is 10.2. The topological polar surface area (TPSA) is 49.3 Å². The van der Waals surface area contributed by atoms with Gasteiger partial charge in [-0.2, -0.15) is 0 Å². The normalized spacial score (nSPS) is 20.8. The molecule has 1 aliphatic rings. The van der Waals surface area contributed by atoms with Crippen LogP contribution in [0, 0.1) is 0 Å². The molecule has 108 valence electrons. The van der Waals surface area contributed by atoms with E-state index in [2.05, 4.69) is 4.84 Å². The first-order valence-electron chi connectivity index (χ1n) is 6.96. The van der Waals surface area contributed by atoms with Gasteiger partial charge in [0.2, 0.25) is 0 Å². The van der Waals surface area contributed by atoms with Gasteiger partial charge in [-0.05, 0) is 46.9 Å². The van der Waals surface area contributed by atoms with Crippen molar-refractivity contribution in [3.63, 3.8) is 0 Å². The fourth-order valence-electron chi connectivity index (χ4n) is 2.99. The maximum absolute atomic E-state index is 11.6. The number of hydrogen-bond acceptors (Lipinski definition) is 2. The Kier molecular flexibility index (Phi) is 3.95. The molecule has 3 nitrogen and oxygen atoms in total. The summed E-state index contributed by atoms with van der Waals surface area (Å²) >= 11 is 5.70. The number of benzene rings is 2. The molecule has 0 spiro atoms. The van der Waals surface area contributed by atoms with Crippen LogP contribution in [0.25, 0.3) is 11.1 Å². The van der Waals surface area contributed by atoms with Crippen molar-refractivity contribution in [1.82, 2.24) is 4.84 Å². The summed E-state index contributed by atoms with van der Waals surface area (Å²) in [6.45, 7) is 0. The van der Waals surface area contributed by atoms with Crippen LogP contribution in [-0.2, 0) is 11.2 Å². The first kappa shape index (κ1) is 14.1. The summed E-state index contributed by atoms with van der Waals surface area (Å²) in [5, 5.41) is 9.49. The first-order valence-corrected chi connectivity index (χ1v) is 7.34. The van der Waals surface area contributed by atoms with Crippen molar-refractivity contribution in [1.29, 1.82) is 0 Å². The zero-order chi connectivity index (χ0) is 14.8. The van der Waals surface area contributed by atoms with Gasteiger partial charge in [0.25, 0.3) is 0 Å². The second-order valence-electron chi connectivity index (χ2n) is 5.42. The Morgan fingerprint density at radius 1 is 1.14 bits per heavy atom. The summed E-state index contributed by atoms with van der Waals surface area (Å²) in [6, 6.07) is 16.1. The lowest BCUT2D eigenvalue weighted by Crippen LogP contribution is -2.33. The predicted octanol–water partition coefficient (Wildman–Crippen LogP) is 3.58. The summed E-state index contributed by atoms with van der Waals surface area (Å²) in [7, 11) is 0. The second kappa shape index (κ2) is 5.88. The van der Waals surface area contributed by atoms with Gasteiger partial charge in [0.05, 0.1) is 5.92 Å². The Labute approximate surface area is 128 Å². The molecule has 1 aliphatic carbocycles. The summed E-state index contributed by atoms with van der Waals surface area (Å²) < 4.78 is 0. The molecule has 0 fully saturated rings. The van der Waals surface area contributed by atoms with E-state index in [0.29, 0.717) is 6.42 Å². The number of aliphatic carboxylic acids is 1. The summed E-state index contributed by atoms with van der Waals surface area (Å²) in [5.74, 6) is -1.30. The van der Waals surface area contributed by atoms with Gasteiger partial charge in [0, 0.05) is 6.04 Å². The van der Waals surface area contributed by atoms with Crippen LogP contribution in [0.1, 0.15) is 23.5 Å². The highest BCUT2D eigenvalue weighted by Crippen LogP contribution is 2.35. The van der Waals surface area contributed by atoms with E-state index >= 15 is 0 Å². The SMILES string of the molecule is O=C(O)[C@@H]1C[C@@H](NCl)Cc2ccc(-c3ccccc3)cc21. The highest BCUT2D eigenvalue weighted by Gasteiger charge is 2.31. The van der Waals surface area contributed by atoms with Crippen molar-refractivity contribution in [3.05, 3.63) is 59.7 Å². The molecule has 0 heterocycles. The smallest absolute Gasteiger partial charge is 0.311 e. The summed E-state index contributed by atoms with van der Waals surface area (Å²) in [5.41, 5.74) is 4.12. The van der Waals surface area contributed by atoms with Crippen LogP contribution < -0.4 is 4.84 Å². The molecule has 0 radical (unpaired) electrons. The number of carboxylic acid groups (broad SMARTS) is 1. The highest BCUT2D eigenvalue weighted by atomic mass is 35.5. The molecular weight excluding hydrogens is 286 g/mol. The van der Waals surface area contributed by atoms with Gasteiger partial charge in [-0.25, -0.2) is 4.84 Å². The molecule has 4 heteroatoms. The molecule has 2 atom stereocenters. The van der Waals surface area contributed by atoms with Crippen LogP contribution >= 0.6 is 11.8 Å². The second-order valence-corrected chi connectivity index (χ2v) is 5.63. The highest BCUT2D eigenvalue weighted by molar-refractivity contribution is 6.13. The quantitative estimate of drug-likeness (QED) is 0.852. The Hall–Kier alpha value is -1.84.